The van der Waals surface area contributed by atoms with E-state index in [2.05, 4.69) is 10.6 Å². The lowest BCUT2D eigenvalue weighted by atomic mass is 9.84. The Hall–Kier alpha value is -3.36. The number of nitrogens with one attached hydrogen (secondary N) is 2. The van der Waals surface area contributed by atoms with Crippen LogP contribution in [-0.2, 0) is 45.9 Å². The molecule has 0 saturated heterocycles. The summed E-state index contributed by atoms with van der Waals surface area (Å²) in [6.07, 6.45) is 8.87. The highest BCUT2D eigenvalue weighted by molar-refractivity contribution is 7.84. The number of nitrogens with zero attached hydrogens (tertiary/aromatic N) is 1. The minimum Gasteiger partial charge on any atom is -0.508 e. The lowest BCUT2D eigenvalue weighted by Crippen LogP contribution is -2.56. The number of esters is 1. The van der Waals surface area contributed by atoms with E-state index in [4.69, 9.17) is 16.2 Å². The highest BCUT2D eigenvalue weighted by Crippen LogP contribution is 2.29. The van der Waals surface area contributed by atoms with E-state index in [1.807, 2.05) is 13.8 Å². The van der Waals surface area contributed by atoms with Gasteiger partial charge in [-0.05, 0) is 80.7 Å². The van der Waals surface area contributed by atoms with Crippen LogP contribution in [0.2, 0.25) is 0 Å². The first-order valence-electron chi connectivity index (χ1n) is 16.8. The van der Waals surface area contributed by atoms with Crippen molar-refractivity contribution >= 4 is 40.4 Å². The van der Waals surface area contributed by atoms with Gasteiger partial charge in [-0.1, -0.05) is 38.5 Å². The number of phenols is 1. The number of benzene rings is 1. The summed E-state index contributed by atoms with van der Waals surface area (Å²) in [4.78, 5) is 66.5. The maximum atomic E-state index is 13.8. The zero-order valence-electron chi connectivity index (χ0n) is 28.9. The van der Waals surface area contributed by atoms with Gasteiger partial charge >= 0.3 is 5.97 Å². The Labute approximate surface area is 286 Å². The van der Waals surface area contributed by atoms with E-state index in [1.54, 1.807) is 12.1 Å². The Morgan fingerprint density at radius 1 is 0.979 bits per heavy atom. The topological polar surface area (TPSA) is 211 Å². The summed E-state index contributed by atoms with van der Waals surface area (Å²) in [7, 11) is 0.161. The number of amides is 4. The van der Waals surface area contributed by atoms with Crippen molar-refractivity contribution in [3.8, 4) is 5.75 Å². The van der Waals surface area contributed by atoms with Crippen molar-refractivity contribution in [1.29, 1.82) is 0 Å². The molecule has 1 aliphatic carbocycles. The Kier molecular flexibility index (Phi) is 17.8. The highest BCUT2D eigenvalue weighted by atomic mass is 32.2. The molecule has 1 aliphatic rings. The Balaban J connectivity index is 2.23. The van der Waals surface area contributed by atoms with Crippen LogP contribution in [-0.4, -0.2) is 94.1 Å². The number of nitrogens with two attached hydrogens (primary N) is 2. The number of unbranched alkanes of at least 4 members (excludes halogenated alkanes) is 2. The molecule has 2 unspecified atom stereocenters. The lowest BCUT2D eigenvalue weighted by molar-refractivity contribution is -0.143. The van der Waals surface area contributed by atoms with Gasteiger partial charge in [0, 0.05) is 35.8 Å². The van der Waals surface area contributed by atoms with Crippen LogP contribution in [0.25, 0.3) is 0 Å². The fourth-order valence-corrected chi connectivity index (χ4v) is 6.71. The second-order valence-electron chi connectivity index (χ2n) is 12.8. The summed E-state index contributed by atoms with van der Waals surface area (Å²) in [6.45, 7) is 3.39. The molecule has 14 heteroatoms. The lowest BCUT2D eigenvalue weighted by Gasteiger charge is -2.34. The molecule has 4 amide bonds. The average molecular weight is 694 g/mol. The molecule has 1 saturated carbocycles. The number of aryl methyl sites for hydroxylation is 2. The van der Waals surface area contributed by atoms with Gasteiger partial charge in [0.25, 0.3) is 0 Å². The molecular weight excluding hydrogens is 638 g/mol. The Morgan fingerprint density at radius 2 is 1.62 bits per heavy atom. The number of rotatable bonds is 19. The van der Waals surface area contributed by atoms with Crippen LogP contribution in [0.3, 0.4) is 0 Å². The molecular formula is C34H55N5O8S. The number of aromatic hydroxyl groups is 1. The van der Waals surface area contributed by atoms with Crippen LogP contribution < -0.4 is 22.1 Å². The monoisotopic (exact) mass is 693 g/mol. The van der Waals surface area contributed by atoms with E-state index in [0.717, 1.165) is 48.8 Å². The third-order valence-electron chi connectivity index (χ3n) is 8.94. The van der Waals surface area contributed by atoms with Crippen molar-refractivity contribution in [2.24, 2.45) is 17.4 Å². The fraction of sp³-hybridized carbons (Fsp3) is 0.676. The van der Waals surface area contributed by atoms with Gasteiger partial charge < -0.3 is 31.5 Å². The average Bonchev–Trinajstić information content (AvgIpc) is 3.04. The third kappa shape index (κ3) is 14.0. The van der Waals surface area contributed by atoms with Gasteiger partial charge in [-0.15, -0.1) is 0 Å². The van der Waals surface area contributed by atoms with Crippen LogP contribution in [0.15, 0.2) is 12.1 Å². The normalized spacial score (nSPS) is 15.9. The highest BCUT2D eigenvalue weighted by Gasteiger charge is 2.34. The quantitative estimate of drug-likeness (QED) is 0.104. The molecule has 7 N–H and O–H groups in total. The molecule has 1 fully saturated rings. The first-order valence-corrected chi connectivity index (χ1v) is 18.5. The van der Waals surface area contributed by atoms with Crippen molar-refractivity contribution in [2.45, 2.75) is 109 Å². The Morgan fingerprint density at radius 3 is 2.23 bits per heavy atom. The summed E-state index contributed by atoms with van der Waals surface area (Å²) in [5.41, 5.74) is 14.6. The minimum absolute atomic E-state index is 0.121. The van der Waals surface area contributed by atoms with Crippen LogP contribution in [0.4, 0.5) is 0 Å². The number of hydrogen-bond donors (Lipinski definition) is 5. The van der Waals surface area contributed by atoms with Crippen LogP contribution >= 0.6 is 0 Å². The van der Waals surface area contributed by atoms with Crippen LogP contribution in [0.1, 0.15) is 87.3 Å². The van der Waals surface area contributed by atoms with Gasteiger partial charge in [-0.3, -0.25) is 33.5 Å². The van der Waals surface area contributed by atoms with Gasteiger partial charge in [0.2, 0.25) is 23.6 Å². The maximum Gasteiger partial charge on any atom is 0.305 e. The SMILES string of the molecule is COC(=O)CCCCCN(C(=O)CNC(=O)[C@H](N)Cc1c(C)cc(O)cc1C)[C@@H](CC1CCCCC1)C(=O)NC(=O)C(N)CCS(C)=O. The molecule has 0 bridgehead atoms. The number of methoxy groups -OCH3 is 1. The summed E-state index contributed by atoms with van der Waals surface area (Å²) >= 11 is 0. The maximum absolute atomic E-state index is 13.8. The van der Waals surface area contributed by atoms with Crippen LogP contribution in [0.5, 0.6) is 5.75 Å². The molecule has 0 spiro atoms. The molecule has 13 nitrogen and oxygen atoms in total. The number of hydrogen-bond acceptors (Lipinski definition) is 10. The fourth-order valence-electron chi connectivity index (χ4n) is 6.12. The van der Waals surface area contributed by atoms with E-state index in [0.29, 0.717) is 25.7 Å². The Bertz CT molecular complexity index is 1260. The largest absolute Gasteiger partial charge is 0.508 e. The predicted molar refractivity (Wildman–Crippen MR) is 184 cm³/mol. The molecule has 0 aromatic heterocycles. The molecule has 270 valence electrons. The molecule has 0 heterocycles. The number of ether oxygens (including phenoxy) is 1. The van der Waals surface area contributed by atoms with E-state index in [-0.39, 0.29) is 49.2 Å². The van der Waals surface area contributed by atoms with Gasteiger partial charge in [-0.2, -0.15) is 0 Å². The van der Waals surface area contributed by atoms with Crippen molar-refractivity contribution in [2.75, 3.05) is 32.2 Å². The zero-order chi connectivity index (χ0) is 35.8. The van der Waals surface area contributed by atoms with Crippen LogP contribution in [0, 0.1) is 19.8 Å². The first kappa shape index (κ1) is 40.8. The predicted octanol–water partition coefficient (Wildman–Crippen LogP) is 1.63. The van der Waals surface area contributed by atoms with Gasteiger partial charge in [0.1, 0.15) is 11.8 Å². The van der Waals surface area contributed by atoms with Gasteiger partial charge in [0.05, 0.1) is 25.7 Å². The second-order valence-corrected chi connectivity index (χ2v) is 14.4. The molecule has 1 aromatic rings. The standard InChI is InChI=1S/C34H55N5O8S/c1-22-17-25(40)18-23(2)26(22)20-28(36)32(43)37-21-30(41)39(15-10-6-9-13-31(42)47-3)29(19-24-11-7-5-8-12-24)34(45)38-33(44)27(35)14-16-48(4)46/h17-18,24,27-29,40H,5-16,19-21,35-36H2,1-4H3,(H,37,43)(H,38,44,45)/t27?,28-,29+,48?/m1/s1. The van der Waals surface area contributed by atoms with Crippen molar-refractivity contribution < 1.29 is 38.0 Å². The van der Waals surface area contributed by atoms with Crippen molar-refractivity contribution in [3.05, 3.63) is 28.8 Å². The molecule has 0 aliphatic heterocycles. The third-order valence-corrected chi connectivity index (χ3v) is 9.75. The number of carbonyl (C=O) groups excluding carboxylic acids is 5. The zero-order valence-corrected chi connectivity index (χ0v) is 29.7. The van der Waals surface area contributed by atoms with E-state index >= 15 is 0 Å². The number of phenolic OH excluding ortho intramolecular Hbond substituents is 1. The number of imide groups is 1. The molecule has 2 rings (SSSR count). The van der Waals surface area contributed by atoms with Gasteiger partial charge in [-0.25, -0.2) is 0 Å². The summed E-state index contributed by atoms with van der Waals surface area (Å²) in [6, 6.07) is 0.186. The van der Waals surface area contributed by atoms with E-state index in [1.165, 1.54) is 18.3 Å². The summed E-state index contributed by atoms with van der Waals surface area (Å²) in [5, 5.41) is 14.9. The smallest absolute Gasteiger partial charge is 0.305 e. The second kappa shape index (κ2) is 20.9. The van der Waals surface area contributed by atoms with Crippen molar-refractivity contribution in [3.63, 3.8) is 0 Å². The minimum atomic E-state index is -1.16. The summed E-state index contributed by atoms with van der Waals surface area (Å²) < 4.78 is 16.2. The van der Waals surface area contributed by atoms with E-state index < -0.39 is 59.1 Å². The first-order chi connectivity index (χ1) is 22.7. The molecule has 48 heavy (non-hydrogen) atoms. The van der Waals surface area contributed by atoms with Gasteiger partial charge in [0.15, 0.2) is 0 Å². The van der Waals surface area contributed by atoms with Crippen molar-refractivity contribution in [1.82, 2.24) is 15.5 Å². The molecule has 1 aromatic carbocycles. The van der Waals surface area contributed by atoms with E-state index in [9.17, 15) is 33.3 Å². The number of carbonyl (C=O) groups is 5. The molecule has 0 radical (unpaired) electrons. The molecule has 4 atom stereocenters. The summed E-state index contributed by atoms with van der Waals surface area (Å²) in [5.74, 6) is -2.25.